The zero-order chi connectivity index (χ0) is 23.9. The summed E-state index contributed by atoms with van der Waals surface area (Å²) < 4.78 is 22.3. The number of aromatic amines is 1. The molecule has 9 nitrogen and oxygen atoms in total. The van der Waals surface area contributed by atoms with Gasteiger partial charge in [0.15, 0.2) is 11.8 Å². The van der Waals surface area contributed by atoms with Crippen LogP contribution in [0.5, 0.6) is 6.01 Å². The first-order valence-corrected chi connectivity index (χ1v) is 12.2. The van der Waals surface area contributed by atoms with Gasteiger partial charge in [0.2, 0.25) is 0 Å². The summed E-state index contributed by atoms with van der Waals surface area (Å²) in [5, 5.41) is 10.5. The van der Waals surface area contributed by atoms with Crippen LogP contribution in [-0.2, 0) is 27.1 Å². The molecule has 5 atom stereocenters. The Morgan fingerprint density at radius 1 is 1.23 bits per heavy atom. The zero-order valence-corrected chi connectivity index (χ0v) is 20.1. The first-order valence-electron chi connectivity index (χ1n) is 11.9. The Labute approximate surface area is 207 Å². The van der Waals surface area contributed by atoms with Crippen LogP contribution >= 0.6 is 11.6 Å². The summed E-state index contributed by atoms with van der Waals surface area (Å²) in [7, 11) is 1.68. The summed E-state index contributed by atoms with van der Waals surface area (Å²) in [5.74, 6) is 0.262. The highest BCUT2D eigenvalue weighted by Gasteiger charge is 2.48. The van der Waals surface area contributed by atoms with Gasteiger partial charge in [0.25, 0.3) is 6.01 Å². The van der Waals surface area contributed by atoms with E-state index in [-0.39, 0.29) is 30.8 Å². The van der Waals surface area contributed by atoms with Crippen LogP contribution in [0.15, 0.2) is 24.4 Å². The number of aryl methyl sites for hydroxylation is 1. The molecule has 0 radical (unpaired) electrons. The lowest BCUT2D eigenvalue weighted by Crippen LogP contribution is -2.34. The minimum atomic E-state index is -0.624. The van der Waals surface area contributed by atoms with Gasteiger partial charge < -0.3 is 29.0 Å². The van der Waals surface area contributed by atoms with Crippen LogP contribution in [0.4, 0.5) is 0 Å². The third kappa shape index (κ3) is 4.43. The average Bonchev–Trinajstić information content (AvgIpc) is 3.61. The van der Waals surface area contributed by atoms with Crippen molar-refractivity contribution in [2.75, 3.05) is 26.9 Å². The molecule has 2 aliphatic heterocycles. The maximum Gasteiger partial charge on any atom is 0.296 e. The molecule has 3 aromatic rings. The zero-order valence-electron chi connectivity index (χ0n) is 19.3. The van der Waals surface area contributed by atoms with E-state index in [4.69, 9.17) is 40.5 Å². The predicted octanol–water partition coefficient (Wildman–Crippen LogP) is 2.84. The molecule has 3 aromatic heterocycles. The van der Waals surface area contributed by atoms with Crippen molar-refractivity contribution in [1.82, 2.24) is 19.9 Å². The van der Waals surface area contributed by atoms with E-state index in [0.29, 0.717) is 41.8 Å². The van der Waals surface area contributed by atoms with Crippen LogP contribution in [0.1, 0.15) is 34.9 Å². The number of hydrogen-bond acceptors (Lipinski definition) is 8. The van der Waals surface area contributed by atoms with Gasteiger partial charge >= 0.3 is 0 Å². The number of rotatable bonds is 7. The second-order valence-corrected chi connectivity index (χ2v) is 9.67. The van der Waals surface area contributed by atoms with Gasteiger partial charge in [-0.1, -0.05) is 23.8 Å². The number of nitrogens with one attached hydrogen (secondary N) is 1. The van der Waals surface area contributed by atoms with Gasteiger partial charge in [-0.3, -0.25) is 4.98 Å². The fourth-order valence-electron chi connectivity index (χ4n) is 5.20. The molecule has 3 aliphatic rings. The Morgan fingerprint density at radius 2 is 2.11 bits per heavy atom. The van der Waals surface area contributed by atoms with Crippen LogP contribution < -0.4 is 4.74 Å². The summed E-state index contributed by atoms with van der Waals surface area (Å²) in [6, 6.07) is 4.38. The van der Waals surface area contributed by atoms with Crippen molar-refractivity contribution in [3.63, 3.8) is 0 Å². The number of imidazole rings is 1. The number of H-pyrrole nitrogens is 1. The van der Waals surface area contributed by atoms with E-state index in [1.165, 1.54) is 5.56 Å². The van der Waals surface area contributed by atoms with Crippen molar-refractivity contribution >= 4 is 28.8 Å². The Balaban J connectivity index is 1.17. The molecule has 1 unspecified atom stereocenters. The lowest BCUT2D eigenvalue weighted by molar-refractivity contribution is 0.00706. The van der Waals surface area contributed by atoms with E-state index >= 15 is 0 Å². The minimum Gasteiger partial charge on any atom is -0.456 e. The maximum absolute atomic E-state index is 9.93. The smallest absolute Gasteiger partial charge is 0.296 e. The maximum atomic E-state index is 9.93. The molecule has 0 bridgehead atoms. The Bertz CT molecular complexity index is 1260. The quantitative estimate of drug-likeness (QED) is 0.511. The summed E-state index contributed by atoms with van der Waals surface area (Å²) in [4.78, 5) is 17.2. The molecule has 2 fully saturated rings. The largest absolute Gasteiger partial charge is 0.456 e. The highest BCUT2D eigenvalue weighted by molar-refractivity contribution is 6.31. The molecule has 6 rings (SSSR count). The first kappa shape index (κ1) is 22.9. The molecule has 2 N–H and O–H groups in total. The predicted molar refractivity (Wildman–Crippen MR) is 129 cm³/mol. The van der Waals surface area contributed by atoms with Gasteiger partial charge in [0, 0.05) is 24.9 Å². The van der Waals surface area contributed by atoms with Crippen molar-refractivity contribution in [2.24, 2.45) is 0 Å². The fourth-order valence-corrected chi connectivity index (χ4v) is 5.43. The third-order valence-corrected chi connectivity index (χ3v) is 7.23. The number of ether oxygens (including phenoxy) is 4. The number of methoxy groups -OCH3 is 1. The van der Waals surface area contributed by atoms with E-state index in [9.17, 15) is 5.11 Å². The standard InChI is InChI=1S/C25H27ClN4O5/c1-32-6-2-3-13-7-14-4-5-15(21(14)27-10-13)8-17-16(26)9-18-24(28-17)30-25(29-18)35-20-12-34-22-19(31)11-33-23(20)22/h2-3,7,9-10,15,19-20,22-23,31H,4-6,8,11-12H2,1H3,(H,28,29,30)/b3-2+/t15?,19-,20-,22-,23-/m1/s1. The van der Waals surface area contributed by atoms with Crippen LogP contribution in [0, 0.1) is 0 Å². The number of halogens is 1. The highest BCUT2D eigenvalue weighted by Crippen LogP contribution is 2.36. The number of nitrogens with zero attached hydrogens (tertiary/aromatic N) is 3. The first-order chi connectivity index (χ1) is 17.1. The molecule has 0 amide bonds. The van der Waals surface area contributed by atoms with Crippen molar-refractivity contribution in [3.05, 3.63) is 51.9 Å². The highest BCUT2D eigenvalue weighted by atomic mass is 35.5. The van der Waals surface area contributed by atoms with Gasteiger partial charge in [0.05, 0.1) is 36.1 Å². The van der Waals surface area contributed by atoms with Gasteiger partial charge in [0.1, 0.15) is 18.3 Å². The van der Waals surface area contributed by atoms with E-state index in [2.05, 4.69) is 16.0 Å². The molecule has 35 heavy (non-hydrogen) atoms. The lowest BCUT2D eigenvalue weighted by atomic mass is 9.99. The number of fused-ring (bicyclic) bond motifs is 3. The average molecular weight is 499 g/mol. The van der Waals surface area contributed by atoms with Gasteiger partial charge in [-0.15, -0.1) is 0 Å². The molecule has 184 valence electrons. The van der Waals surface area contributed by atoms with Gasteiger partial charge in [-0.2, -0.15) is 4.98 Å². The SMILES string of the molecule is COC/C=C/c1cnc2c(c1)CCC2Cc1nc2nc(O[C@@H]3CO[C@H]4[C@@H]3OC[C@H]4O)[nH]c2cc1Cl. The van der Waals surface area contributed by atoms with Gasteiger partial charge in [-0.05, 0) is 42.5 Å². The summed E-state index contributed by atoms with van der Waals surface area (Å²) in [6.07, 6.45) is 6.98. The molecule has 5 heterocycles. The molecule has 0 aromatic carbocycles. The minimum absolute atomic E-state index is 0.251. The molecular weight excluding hydrogens is 472 g/mol. The van der Waals surface area contributed by atoms with E-state index in [1.54, 1.807) is 7.11 Å². The van der Waals surface area contributed by atoms with Crippen LogP contribution in [0.25, 0.3) is 17.2 Å². The Hall–Kier alpha value is -2.56. The Morgan fingerprint density at radius 3 is 3.00 bits per heavy atom. The number of hydrogen-bond donors (Lipinski definition) is 2. The van der Waals surface area contributed by atoms with Crippen LogP contribution in [-0.4, -0.2) is 76.4 Å². The van der Waals surface area contributed by atoms with E-state index in [1.807, 2.05) is 24.4 Å². The van der Waals surface area contributed by atoms with E-state index < -0.39 is 6.10 Å². The molecule has 10 heteroatoms. The van der Waals surface area contributed by atoms with Crippen molar-refractivity contribution < 1.29 is 24.1 Å². The van der Waals surface area contributed by atoms with Crippen LogP contribution in [0.2, 0.25) is 5.02 Å². The van der Waals surface area contributed by atoms with Gasteiger partial charge in [-0.25, -0.2) is 4.98 Å². The van der Waals surface area contributed by atoms with Crippen LogP contribution in [0.3, 0.4) is 0 Å². The topological polar surface area (TPSA) is 112 Å². The summed E-state index contributed by atoms with van der Waals surface area (Å²) >= 11 is 6.61. The molecule has 0 spiro atoms. The third-order valence-electron chi connectivity index (χ3n) is 6.91. The second kappa shape index (κ2) is 9.48. The van der Waals surface area contributed by atoms with E-state index in [0.717, 1.165) is 29.8 Å². The molecule has 1 aliphatic carbocycles. The number of aliphatic hydroxyl groups excluding tert-OH is 1. The van der Waals surface area contributed by atoms with Crippen molar-refractivity contribution in [3.8, 4) is 6.01 Å². The van der Waals surface area contributed by atoms with Crippen molar-refractivity contribution in [2.45, 2.75) is 49.6 Å². The lowest BCUT2D eigenvalue weighted by Gasteiger charge is -2.15. The summed E-state index contributed by atoms with van der Waals surface area (Å²) in [6.45, 7) is 1.17. The molecular formula is C25H27ClN4O5. The second-order valence-electron chi connectivity index (χ2n) is 9.26. The van der Waals surface area contributed by atoms with Crippen molar-refractivity contribution in [1.29, 1.82) is 0 Å². The fraction of sp³-hybridized carbons (Fsp3) is 0.480. The normalized spacial score (nSPS) is 27.7. The number of aromatic nitrogens is 4. The monoisotopic (exact) mass is 498 g/mol. The molecule has 2 saturated heterocycles. The molecule has 0 saturated carbocycles. The Kier molecular flexibility index (Phi) is 6.19. The number of pyridine rings is 2. The summed E-state index contributed by atoms with van der Waals surface area (Å²) in [5.41, 5.74) is 5.53. The number of aliphatic hydroxyl groups is 1.